The summed E-state index contributed by atoms with van der Waals surface area (Å²) in [5.74, 6) is 0.635. The third-order valence-electron chi connectivity index (χ3n) is 4.38. The zero-order valence-electron chi connectivity index (χ0n) is 11.9. The van der Waals surface area contributed by atoms with Crippen molar-refractivity contribution < 1.29 is 9.53 Å². The SMILES string of the molecule is CN1CCC(CCN(C)C(=O)C2(C#N)COC2)CC1. The molecule has 0 atom stereocenters. The molecule has 106 valence electrons. The minimum absolute atomic E-state index is 0.0748. The Kier molecular flexibility index (Phi) is 4.43. The molecule has 2 aliphatic rings. The number of piperidine rings is 1. The van der Waals surface area contributed by atoms with Gasteiger partial charge in [-0.3, -0.25) is 4.79 Å². The van der Waals surface area contributed by atoms with E-state index in [4.69, 9.17) is 10.00 Å². The van der Waals surface area contributed by atoms with Crippen molar-refractivity contribution in [3.8, 4) is 6.07 Å². The molecular weight excluding hydrogens is 242 g/mol. The molecule has 0 bridgehead atoms. The Balaban J connectivity index is 1.77. The second kappa shape index (κ2) is 5.89. The molecule has 19 heavy (non-hydrogen) atoms. The van der Waals surface area contributed by atoms with E-state index in [-0.39, 0.29) is 19.1 Å². The lowest BCUT2D eigenvalue weighted by atomic mass is 9.86. The standard InChI is InChI=1S/C14H23N3O2/c1-16-6-3-12(4-7-16)5-8-17(2)13(18)14(9-15)10-19-11-14/h12H,3-8,10-11H2,1-2H3. The Morgan fingerprint density at radius 1 is 1.47 bits per heavy atom. The fraction of sp³-hybridized carbons (Fsp3) is 0.857. The van der Waals surface area contributed by atoms with E-state index >= 15 is 0 Å². The molecule has 2 fully saturated rings. The highest BCUT2D eigenvalue weighted by molar-refractivity contribution is 5.86. The molecule has 5 nitrogen and oxygen atoms in total. The minimum Gasteiger partial charge on any atom is -0.377 e. The summed E-state index contributed by atoms with van der Waals surface area (Å²) in [6, 6.07) is 2.12. The average Bonchev–Trinajstić information content (AvgIpc) is 2.37. The highest BCUT2D eigenvalue weighted by atomic mass is 16.5. The van der Waals surface area contributed by atoms with Crippen molar-refractivity contribution in [2.45, 2.75) is 19.3 Å². The van der Waals surface area contributed by atoms with Crippen molar-refractivity contribution >= 4 is 5.91 Å². The van der Waals surface area contributed by atoms with Crippen LogP contribution in [0.3, 0.4) is 0 Å². The number of likely N-dealkylation sites (tertiary alicyclic amines) is 1. The van der Waals surface area contributed by atoms with E-state index in [9.17, 15) is 4.79 Å². The molecule has 2 aliphatic heterocycles. The summed E-state index contributed by atoms with van der Waals surface area (Å²) >= 11 is 0. The van der Waals surface area contributed by atoms with E-state index in [0.29, 0.717) is 5.92 Å². The van der Waals surface area contributed by atoms with Gasteiger partial charge >= 0.3 is 0 Å². The molecule has 1 amide bonds. The molecule has 0 saturated carbocycles. The topological polar surface area (TPSA) is 56.6 Å². The first kappa shape index (κ1) is 14.3. The zero-order chi connectivity index (χ0) is 13.9. The summed E-state index contributed by atoms with van der Waals surface area (Å²) in [5, 5.41) is 9.12. The van der Waals surface area contributed by atoms with Gasteiger partial charge in [0, 0.05) is 13.6 Å². The number of nitrogens with zero attached hydrogens (tertiary/aromatic N) is 3. The highest BCUT2D eigenvalue weighted by Crippen LogP contribution is 2.29. The van der Waals surface area contributed by atoms with Crippen LogP contribution in [0.4, 0.5) is 0 Å². The average molecular weight is 265 g/mol. The van der Waals surface area contributed by atoms with Gasteiger partial charge in [0.1, 0.15) is 0 Å². The number of nitriles is 1. The number of hydrogen-bond donors (Lipinski definition) is 0. The van der Waals surface area contributed by atoms with Gasteiger partial charge in [-0.05, 0) is 45.3 Å². The number of rotatable bonds is 4. The first-order valence-electron chi connectivity index (χ1n) is 7.00. The molecule has 0 aromatic heterocycles. The lowest BCUT2D eigenvalue weighted by Crippen LogP contribution is -2.53. The van der Waals surface area contributed by atoms with Gasteiger partial charge in [0.2, 0.25) is 5.91 Å². The molecule has 0 spiro atoms. The van der Waals surface area contributed by atoms with Gasteiger partial charge in [0.25, 0.3) is 0 Å². The van der Waals surface area contributed by atoms with Crippen molar-refractivity contribution in [1.29, 1.82) is 5.26 Å². The van der Waals surface area contributed by atoms with Gasteiger partial charge in [-0.25, -0.2) is 0 Å². The molecule has 2 heterocycles. The number of ether oxygens (including phenoxy) is 1. The summed E-state index contributed by atoms with van der Waals surface area (Å²) in [4.78, 5) is 16.3. The van der Waals surface area contributed by atoms with Crippen LogP contribution in [0.15, 0.2) is 0 Å². The smallest absolute Gasteiger partial charge is 0.247 e. The van der Waals surface area contributed by atoms with Gasteiger partial charge < -0.3 is 14.5 Å². The van der Waals surface area contributed by atoms with E-state index in [2.05, 4.69) is 18.0 Å². The maximum atomic E-state index is 12.2. The summed E-state index contributed by atoms with van der Waals surface area (Å²) in [6.07, 6.45) is 3.47. The number of hydrogen-bond acceptors (Lipinski definition) is 4. The normalized spacial score (nSPS) is 23.4. The van der Waals surface area contributed by atoms with E-state index in [1.54, 1.807) is 11.9 Å². The molecule has 2 saturated heterocycles. The number of carbonyl (C=O) groups is 1. The van der Waals surface area contributed by atoms with Crippen LogP contribution in [-0.4, -0.2) is 62.7 Å². The number of amides is 1. The van der Waals surface area contributed by atoms with Gasteiger partial charge in [-0.2, -0.15) is 5.26 Å². The number of carbonyl (C=O) groups excluding carboxylic acids is 1. The van der Waals surface area contributed by atoms with Gasteiger partial charge in [-0.15, -0.1) is 0 Å². The van der Waals surface area contributed by atoms with Crippen LogP contribution in [0.2, 0.25) is 0 Å². The molecule has 2 rings (SSSR count). The van der Waals surface area contributed by atoms with E-state index in [0.717, 1.165) is 26.1 Å². The van der Waals surface area contributed by atoms with Crippen molar-refractivity contribution in [2.24, 2.45) is 11.3 Å². The monoisotopic (exact) mass is 265 g/mol. The molecule has 0 aliphatic carbocycles. The van der Waals surface area contributed by atoms with Crippen LogP contribution in [-0.2, 0) is 9.53 Å². The quantitative estimate of drug-likeness (QED) is 0.751. The van der Waals surface area contributed by atoms with Crippen LogP contribution in [0.25, 0.3) is 0 Å². The fourth-order valence-electron chi connectivity index (χ4n) is 2.74. The zero-order valence-corrected chi connectivity index (χ0v) is 11.9. The fourth-order valence-corrected chi connectivity index (χ4v) is 2.74. The Hall–Kier alpha value is -1.12. The van der Waals surface area contributed by atoms with Gasteiger partial charge in [-0.1, -0.05) is 0 Å². The molecule has 0 radical (unpaired) electrons. The lowest BCUT2D eigenvalue weighted by Gasteiger charge is -2.37. The molecular formula is C14H23N3O2. The van der Waals surface area contributed by atoms with Crippen molar-refractivity contribution in [2.75, 3.05) is 46.9 Å². The predicted octanol–water partition coefficient (Wildman–Crippen LogP) is 0.717. The van der Waals surface area contributed by atoms with E-state index < -0.39 is 5.41 Å². The van der Waals surface area contributed by atoms with E-state index in [1.807, 2.05) is 0 Å². The maximum Gasteiger partial charge on any atom is 0.247 e. The molecule has 0 N–H and O–H groups in total. The predicted molar refractivity (Wildman–Crippen MR) is 71.3 cm³/mol. The van der Waals surface area contributed by atoms with E-state index in [1.165, 1.54) is 12.8 Å². The maximum absolute atomic E-state index is 12.2. The molecule has 0 aromatic carbocycles. The van der Waals surface area contributed by atoms with Crippen molar-refractivity contribution in [3.05, 3.63) is 0 Å². The first-order chi connectivity index (χ1) is 9.07. The summed E-state index contributed by atoms with van der Waals surface area (Å²) in [6.45, 7) is 3.55. The Morgan fingerprint density at radius 2 is 2.11 bits per heavy atom. The largest absolute Gasteiger partial charge is 0.377 e. The highest BCUT2D eigenvalue weighted by Gasteiger charge is 2.48. The van der Waals surface area contributed by atoms with Crippen LogP contribution in [0, 0.1) is 22.7 Å². The summed E-state index contributed by atoms with van der Waals surface area (Å²) in [7, 11) is 3.95. The molecule has 0 aromatic rings. The Bertz CT molecular complexity index is 365. The first-order valence-corrected chi connectivity index (χ1v) is 7.00. The van der Waals surface area contributed by atoms with Crippen molar-refractivity contribution in [1.82, 2.24) is 9.80 Å². The third kappa shape index (κ3) is 3.07. The van der Waals surface area contributed by atoms with Crippen LogP contribution in [0.5, 0.6) is 0 Å². The van der Waals surface area contributed by atoms with Gasteiger partial charge in [0.05, 0.1) is 19.3 Å². The van der Waals surface area contributed by atoms with Crippen LogP contribution < -0.4 is 0 Å². The summed E-state index contributed by atoms with van der Waals surface area (Å²) < 4.78 is 5.03. The second-order valence-corrected chi connectivity index (χ2v) is 5.95. The lowest BCUT2D eigenvalue weighted by molar-refractivity contribution is -0.160. The second-order valence-electron chi connectivity index (χ2n) is 5.95. The van der Waals surface area contributed by atoms with Crippen LogP contribution in [0.1, 0.15) is 19.3 Å². The van der Waals surface area contributed by atoms with Gasteiger partial charge in [0.15, 0.2) is 5.41 Å². The van der Waals surface area contributed by atoms with Crippen LogP contribution >= 0.6 is 0 Å². The minimum atomic E-state index is -0.901. The third-order valence-corrected chi connectivity index (χ3v) is 4.38. The van der Waals surface area contributed by atoms with Crippen molar-refractivity contribution in [3.63, 3.8) is 0 Å². The molecule has 5 heteroatoms. The summed E-state index contributed by atoms with van der Waals surface area (Å²) in [5.41, 5.74) is -0.901. The Morgan fingerprint density at radius 3 is 2.58 bits per heavy atom. The molecule has 0 unspecified atom stereocenters. The Labute approximate surface area is 115 Å².